The van der Waals surface area contributed by atoms with E-state index in [9.17, 15) is 4.79 Å². The largest absolute Gasteiger partial charge is 0.494 e. The maximum absolute atomic E-state index is 12.8. The number of ether oxygens (including phenoxy) is 1. The van der Waals surface area contributed by atoms with E-state index in [1.807, 2.05) is 68.3 Å². The molecule has 0 saturated carbocycles. The van der Waals surface area contributed by atoms with E-state index in [-0.39, 0.29) is 12.5 Å². The van der Waals surface area contributed by atoms with Crippen LogP contribution < -0.4 is 20.3 Å². The van der Waals surface area contributed by atoms with Gasteiger partial charge >= 0.3 is 0 Å². The molecule has 0 spiro atoms. The molecule has 2 heterocycles. The molecule has 0 unspecified atom stereocenters. The van der Waals surface area contributed by atoms with Gasteiger partial charge in [-0.2, -0.15) is 0 Å². The number of carbonyl (C=O) groups is 1. The number of rotatable bonds is 12. The number of aryl methyl sites for hydroxylation is 1. The number of aromatic nitrogens is 3. The number of aliphatic hydroxyl groups is 1. The summed E-state index contributed by atoms with van der Waals surface area (Å²) >= 11 is 0. The number of nitrogens with one attached hydrogen (secondary N) is 2. The van der Waals surface area contributed by atoms with Crippen LogP contribution in [0.2, 0.25) is 0 Å². The lowest BCUT2D eigenvalue weighted by Gasteiger charge is -2.21. The standard InChI is InChI=1S/C30H37N7O3/c1-35(2)27-19-28(40-5)25(18-24(27)32-29(39)12-8-15-36(3)16-9-17-38)34-30-31-14-13-23(33-30)22-20-37(4)26-11-7-6-10-21(22)26/h6-8,10-14,18-20,38H,9,15-17H2,1-5H3,(H,32,39)(H,31,33,34)/b12-8+. The first-order chi connectivity index (χ1) is 19.3. The number of aliphatic hydroxyl groups excluding tert-OH is 1. The number of hydrogen-bond donors (Lipinski definition) is 3. The molecule has 0 bridgehead atoms. The fourth-order valence-electron chi connectivity index (χ4n) is 4.49. The normalized spacial score (nSPS) is 11.4. The molecule has 210 valence electrons. The summed E-state index contributed by atoms with van der Waals surface area (Å²) in [5, 5.41) is 16.4. The van der Waals surface area contributed by atoms with Crippen molar-refractivity contribution in [3.05, 3.63) is 67.0 Å². The van der Waals surface area contributed by atoms with Crippen LogP contribution >= 0.6 is 0 Å². The Balaban J connectivity index is 1.59. The van der Waals surface area contributed by atoms with Crippen LogP contribution in [0.3, 0.4) is 0 Å². The van der Waals surface area contributed by atoms with Gasteiger partial charge in [-0.15, -0.1) is 0 Å². The van der Waals surface area contributed by atoms with Gasteiger partial charge in [-0.3, -0.25) is 4.79 Å². The van der Waals surface area contributed by atoms with E-state index in [1.54, 1.807) is 19.4 Å². The van der Waals surface area contributed by atoms with Gasteiger partial charge < -0.3 is 34.8 Å². The molecule has 1 amide bonds. The van der Waals surface area contributed by atoms with Crippen LogP contribution in [0.1, 0.15) is 6.42 Å². The second-order valence-electron chi connectivity index (χ2n) is 9.76. The third-order valence-electron chi connectivity index (χ3n) is 6.52. The molecule has 40 heavy (non-hydrogen) atoms. The molecule has 0 saturated heterocycles. The van der Waals surface area contributed by atoms with E-state index in [2.05, 4.69) is 38.5 Å². The molecule has 10 heteroatoms. The number of benzene rings is 2. The Hall–Kier alpha value is -4.41. The second kappa shape index (κ2) is 13.1. The van der Waals surface area contributed by atoms with Crippen molar-refractivity contribution in [3.63, 3.8) is 0 Å². The van der Waals surface area contributed by atoms with Crippen LogP contribution in [0.15, 0.2) is 67.0 Å². The Labute approximate surface area is 234 Å². The van der Waals surface area contributed by atoms with Crippen LogP contribution in [-0.4, -0.2) is 78.4 Å². The summed E-state index contributed by atoms with van der Waals surface area (Å²) in [6.07, 6.45) is 7.80. The lowest BCUT2D eigenvalue weighted by molar-refractivity contribution is -0.111. The zero-order valence-electron chi connectivity index (χ0n) is 23.7. The highest BCUT2D eigenvalue weighted by molar-refractivity contribution is 6.02. The van der Waals surface area contributed by atoms with E-state index in [0.29, 0.717) is 36.0 Å². The summed E-state index contributed by atoms with van der Waals surface area (Å²) in [6.45, 7) is 1.51. The molecule has 0 fully saturated rings. The van der Waals surface area contributed by atoms with E-state index in [0.717, 1.165) is 34.4 Å². The molecule has 0 aliphatic heterocycles. The predicted molar refractivity (Wildman–Crippen MR) is 162 cm³/mol. The molecular formula is C30H37N7O3. The Morgan fingerprint density at radius 1 is 1.15 bits per heavy atom. The van der Waals surface area contributed by atoms with Crippen molar-refractivity contribution >= 4 is 39.8 Å². The minimum absolute atomic E-state index is 0.147. The monoisotopic (exact) mass is 543 g/mol. The molecule has 0 atom stereocenters. The average Bonchev–Trinajstić information content (AvgIpc) is 3.28. The Kier molecular flexibility index (Phi) is 9.36. The van der Waals surface area contributed by atoms with Crippen molar-refractivity contribution in [1.29, 1.82) is 0 Å². The van der Waals surface area contributed by atoms with Crippen molar-refractivity contribution in [2.45, 2.75) is 6.42 Å². The van der Waals surface area contributed by atoms with Crippen molar-refractivity contribution in [3.8, 4) is 17.0 Å². The molecule has 0 aliphatic carbocycles. The SMILES string of the molecule is COc1cc(N(C)C)c(NC(=O)/C=C/CN(C)CCCO)cc1Nc1nccc(-c2cn(C)c3ccccc23)n1. The van der Waals surface area contributed by atoms with Gasteiger partial charge in [0.1, 0.15) is 5.75 Å². The minimum atomic E-state index is -0.246. The topological polar surface area (TPSA) is 108 Å². The highest BCUT2D eigenvalue weighted by Crippen LogP contribution is 2.38. The highest BCUT2D eigenvalue weighted by Gasteiger charge is 2.16. The third kappa shape index (κ3) is 6.77. The van der Waals surface area contributed by atoms with Gasteiger partial charge in [0, 0.05) is 81.8 Å². The van der Waals surface area contributed by atoms with Crippen LogP contribution in [0.4, 0.5) is 23.0 Å². The van der Waals surface area contributed by atoms with Crippen molar-refractivity contribution in [2.24, 2.45) is 7.05 Å². The van der Waals surface area contributed by atoms with Gasteiger partial charge in [0.05, 0.1) is 29.9 Å². The Bertz CT molecular complexity index is 1500. The van der Waals surface area contributed by atoms with Gasteiger partial charge in [-0.25, -0.2) is 9.97 Å². The Morgan fingerprint density at radius 3 is 2.70 bits per heavy atom. The summed E-state index contributed by atoms with van der Waals surface area (Å²) in [5.74, 6) is 0.746. The molecule has 3 N–H and O–H groups in total. The van der Waals surface area contributed by atoms with Crippen LogP contribution in [0.5, 0.6) is 5.75 Å². The number of amides is 1. The highest BCUT2D eigenvalue weighted by atomic mass is 16.5. The van der Waals surface area contributed by atoms with Gasteiger partial charge in [0.2, 0.25) is 11.9 Å². The van der Waals surface area contributed by atoms with E-state index < -0.39 is 0 Å². The summed E-state index contributed by atoms with van der Waals surface area (Å²) < 4.78 is 7.75. The molecule has 4 aromatic rings. The van der Waals surface area contributed by atoms with Gasteiger partial charge in [0.15, 0.2) is 0 Å². The second-order valence-corrected chi connectivity index (χ2v) is 9.76. The molecule has 2 aromatic carbocycles. The van der Waals surface area contributed by atoms with Crippen LogP contribution in [0, 0.1) is 0 Å². The smallest absolute Gasteiger partial charge is 0.248 e. The number of fused-ring (bicyclic) bond motifs is 1. The van der Waals surface area contributed by atoms with Gasteiger partial charge in [-0.1, -0.05) is 24.3 Å². The first-order valence-corrected chi connectivity index (χ1v) is 13.1. The van der Waals surface area contributed by atoms with Crippen molar-refractivity contribution in [2.75, 3.05) is 63.5 Å². The predicted octanol–water partition coefficient (Wildman–Crippen LogP) is 4.26. The molecular weight excluding hydrogens is 506 g/mol. The van der Waals surface area contributed by atoms with Crippen LogP contribution in [0.25, 0.3) is 22.2 Å². The molecule has 0 radical (unpaired) electrons. The fraction of sp³-hybridized carbons (Fsp3) is 0.300. The van der Waals surface area contributed by atoms with E-state index in [4.69, 9.17) is 14.8 Å². The fourth-order valence-corrected chi connectivity index (χ4v) is 4.49. The minimum Gasteiger partial charge on any atom is -0.494 e. The number of methoxy groups -OCH3 is 1. The van der Waals surface area contributed by atoms with Crippen LogP contribution in [-0.2, 0) is 11.8 Å². The number of likely N-dealkylation sites (N-methyl/N-ethyl adjacent to an activating group) is 1. The quantitative estimate of drug-likeness (QED) is 0.228. The number of anilines is 4. The third-order valence-corrected chi connectivity index (χ3v) is 6.52. The maximum Gasteiger partial charge on any atom is 0.248 e. The molecule has 10 nitrogen and oxygen atoms in total. The van der Waals surface area contributed by atoms with Crippen molar-refractivity contribution < 1.29 is 14.6 Å². The lowest BCUT2D eigenvalue weighted by atomic mass is 10.1. The number of hydrogen-bond acceptors (Lipinski definition) is 8. The molecule has 2 aromatic heterocycles. The Morgan fingerprint density at radius 2 is 1.95 bits per heavy atom. The number of para-hydroxylation sites is 1. The number of carbonyl (C=O) groups excluding carboxylic acids is 1. The first kappa shape index (κ1) is 28.6. The summed E-state index contributed by atoms with van der Waals surface area (Å²) in [5.41, 5.74) is 4.95. The zero-order chi connectivity index (χ0) is 28.6. The molecule has 4 rings (SSSR count). The summed E-state index contributed by atoms with van der Waals surface area (Å²) in [4.78, 5) is 25.9. The summed E-state index contributed by atoms with van der Waals surface area (Å²) in [7, 11) is 9.37. The first-order valence-electron chi connectivity index (χ1n) is 13.1. The summed E-state index contributed by atoms with van der Waals surface area (Å²) in [6, 6.07) is 13.8. The van der Waals surface area contributed by atoms with E-state index >= 15 is 0 Å². The number of nitrogens with zero attached hydrogens (tertiary/aromatic N) is 5. The zero-order valence-corrected chi connectivity index (χ0v) is 23.7. The maximum atomic E-state index is 12.8. The van der Waals surface area contributed by atoms with Gasteiger partial charge in [-0.05, 0) is 31.7 Å². The molecule has 0 aliphatic rings. The average molecular weight is 544 g/mol. The van der Waals surface area contributed by atoms with E-state index in [1.165, 1.54) is 6.08 Å². The lowest BCUT2D eigenvalue weighted by Crippen LogP contribution is -2.21. The van der Waals surface area contributed by atoms with Crippen molar-refractivity contribution in [1.82, 2.24) is 19.4 Å². The van der Waals surface area contributed by atoms with Gasteiger partial charge in [0.25, 0.3) is 0 Å².